The first-order valence-corrected chi connectivity index (χ1v) is 17.8. The van der Waals surface area contributed by atoms with Crippen LogP contribution in [0.3, 0.4) is 0 Å². The number of halogens is 1. The molecule has 0 saturated carbocycles. The third-order valence-corrected chi connectivity index (χ3v) is 11.4. The number of hydrogen-bond acceptors (Lipinski definition) is 13. The minimum Gasteiger partial charge on any atom is -0.495 e. The van der Waals surface area contributed by atoms with Gasteiger partial charge in [0.25, 0.3) is 5.91 Å². The number of likely N-dealkylation sites (N-methyl/N-ethyl adjacent to an activating group) is 1. The van der Waals surface area contributed by atoms with Crippen LogP contribution in [-0.2, 0) is 42.9 Å². The largest absolute Gasteiger partial charge is 0.495 e. The van der Waals surface area contributed by atoms with Gasteiger partial charge in [-0.15, -0.1) is 0 Å². The Morgan fingerprint density at radius 1 is 1.02 bits per heavy atom. The molecule has 296 valence electrons. The first kappa shape index (κ1) is 41.1. The van der Waals surface area contributed by atoms with E-state index in [0.717, 1.165) is 16.7 Å². The van der Waals surface area contributed by atoms with Crippen LogP contribution in [0.4, 0.5) is 10.5 Å². The Hall–Kier alpha value is -4.06. The lowest BCUT2D eigenvalue weighted by Gasteiger charge is -2.42. The monoisotopic (exact) mass is 777 g/mol. The predicted octanol–water partition coefficient (Wildman–Crippen LogP) is 2.36. The molecular weight excluding hydrogens is 730 g/mol. The summed E-state index contributed by atoms with van der Waals surface area (Å²) in [5.41, 5.74) is -4.88. The van der Waals surface area contributed by atoms with Gasteiger partial charge in [0.1, 0.15) is 46.8 Å². The Balaban J connectivity index is 1.74. The van der Waals surface area contributed by atoms with Gasteiger partial charge in [-0.05, 0) is 51.0 Å². The molecule has 0 radical (unpaired) electrons. The zero-order chi connectivity index (χ0) is 40.1. The third kappa shape index (κ3) is 7.47. The summed E-state index contributed by atoms with van der Waals surface area (Å²) in [6.07, 6.45) is -1.52. The number of ether oxygens (including phenoxy) is 6. The number of amides is 3. The summed E-state index contributed by atoms with van der Waals surface area (Å²) in [6, 6.07) is 1.82. The van der Waals surface area contributed by atoms with Crippen molar-refractivity contribution in [3.05, 3.63) is 46.5 Å². The fourth-order valence-electron chi connectivity index (χ4n) is 7.33. The zero-order valence-electron chi connectivity index (χ0n) is 31.7. The van der Waals surface area contributed by atoms with Crippen LogP contribution >= 0.6 is 11.6 Å². The summed E-state index contributed by atoms with van der Waals surface area (Å²) in [6.45, 7) is 6.65. The number of allylic oxidation sites excluding steroid dienone is 2. The molecular formula is C37H48ClN3O13. The second kappa shape index (κ2) is 15.2. The highest BCUT2D eigenvalue weighted by Crippen LogP contribution is 2.49. The first-order chi connectivity index (χ1) is 25.2. The molecule has 3 fully saturated rings. The molecule has 0 aliphatic carbocycles. The van der Waals surface area contributed by atoms with Crippen molar-refractivity contribution in [2.75, 3.05) is 39.8 Å². The number of esters is 1. The van der Waals surface area contributed by atoms with Gasteiger partial charge >= 0.3 is 12.1 Å². The SMILES string of the molecule is COc1cc2cc(c1Cl)N1CC(=O)C(C)(O)C(=O)N(C)C(C)C(=O)O[C@@H](CC1=O)[C@]1(C)O[C@H]1[C@H](C)[C@@H]1C[C@@](O)(NC(=O)O1)[C@H](OC)/C=C/C=C(\C)C2OC. The molecule has 3 unspecified atom stereocenters. The van der Waals surface area contributed by atoms with Gasteiger partial charge in [0.15, 0.2) is 11.5 Å². The number of alkyl carbamates (subject to hydrolysis) is 1. The molecule has 3 N–H and O–H groups in total. The standard InChI is InChI=1S/C37H48ClN3O13/c1-18-11-10-12-26(50-8)37(48)16-24(52-34(46)39-37)19(2)31-36(5,54-31)27-15-28(43)41(22-13-21(30(18)51-9)14-23(49-7)29(22)38)17-25(42)35(4,47)33(45)40(6)20(3)32(44)53-27/h10-14,19-20,24,26-27,30-31,47-48H,15-17H2,1-9H3,(H,39,46)/b12-10+,18-11+/t19-,20?,24+,26-,27+,30?,31+,35?,36+,37+/m1/s1. The number of fused-ring (bicyclic) bond motifs is 10. The van der Waals surface area contributed by atoms with E-state index in [0.29, 0.717) is 11.1 Å². The molecule has 1 aromatic rings. The van der Waals surface area contributed by atoms with E-state index in [1.165, 1.54) is 41.4 Å². The lowest BCUT2D eigenvalue weighted by atomic mass is 9.83. The van der Waals surface area contributed by atoms with Gasteiger partial charge in [-0.1, -0.05) is 36.8 Å². The fourth-order valence-corrected chi connectivity index (χ4v) is 7.62. The van der Waals surface area contributed by atoms with Crippen molar-refractivity contribution >= 4 is 46.9 Å². The molecule has 0 spiro atoms. The number of hydrogen-bond donors (Lipinski definition) is 3. The van der Waals surface area contributed by atoms with Crippen molar-refractivity contribution in [2.45, 2.75) is 101 Å². The van der Waals surface area contributed by atoms with Gasteiger partial charge in [-0.2, -0.15) is 0 Å². The summed E-state index contributed by atoms with van der Waals surface area (Å²) in [5, 5.41) is 25.5. The summed E-state index contributed by atoms with van der Waals surface area (Å²) < 4.78 is 34.9. The quantitative estimate of drug-likeness (QED) is 0.230. The topological polar surface area (TPSA) is 203 Å². The maximum absolute atomic E-state index is 14.6. The maximum Gasteiger partial charge on any atom is 0.409 e. The molecule has 16 nitrogen and oxygen atoms in total. The van der Waals surface area contributed by atoms with E-state index in [9.17, 15) is 34.2 Å². The lowest BCUT2D eigenvalue weighted by molar-refractivity contribution is -0.169. The highest BCUT2D eigenvalue weighted by molar-refractivity contribution is 6.35. The van der Waals surface area contributed by atoms with E-state index in [4.69, 9.17) is 40.0 Å². The Bertz CT molecular complexity index is 1770. The number of carbonyl (C=O) groups is 5. The lowest BCUT2D eigenvalue weighted by Crippen LogP contribution is -2.63. The van der Waals surface area contributed by atoms with Gasteiger partial charge in [0.2, 0.25) is 11.5 Å². The minimum absolute atomic E-state index is 0.0139. The van der Waals surface area contributed by atoms with Crippen LogP contribution in [0.25, 0.3) is 0 Å². The van der Waals surface area contributed by atoms with Gasteiger partial charge in [0, 0.05) is 33.6 Å². The van der Waals surface area contributed by atoms with Crippen LogP contribution in [0.5, 0.6) is 5.75 Å². The summed E-state index contributed by atoms with van der Waals surface area (Å²) in [7, 11) is 5.45. The number of nitrogens with zero attached hydrogens (tertiary/aromatic N) is 2. The molecule has 4 heterocycles. The molecule has 4 aliphatic heterocycles. The van der Waals surface area contributed by atoms with Crippen molar-refractivity contribution < 1.29 is 62.6 Å². The van der Waals surface area contributed by atoms with Crippen LogP contribution in [0.15, 0.2) is 35.9 Å². The highest BCUT2D eigenvalue weighted by Gasteiger charge is 2.65. The van der Waals surface area contributed by atoms with E-state index < -0.39 is 102 Å². The van der Waals surface area contributed by atoms with E-state index >= 15 is 0 Å². The number of aliphatic hydroxyl groups is 2. The van der Waals surface area contributed by atoms with E-state index in [2.05, 4.69) is 5.32 Å². The first-order valence-electron chi connectivity index (χ1n) is 17.4. The van der Waals surface area contributed by atoms with Gasteiger partial charge in [0.05, 0.1) is 31.9 Å². The van der Waals surface area contributed by atoms with Crippen molar-refractivity contribution in [1.82, 2.24) is 10.2 Å². The van der Waals surface area contributed by atoms with E-state index in [1.807, 2.05) is 0 Å². The Kier molecular flexibility index (Phi) is 11.6. The number of anilines is 1. The molecule has 10 atom stereocenters. The summed E-state index contributed by atoms with van der Waals surface area (Å²) in [5.74, 6) is -4.38. The molecule has 54 heavy (non-hydrogen) atoms. The van der Waals surface area contributed by atoms with Gasteiger partial charge in [-0.3, -0.25) is 19.7 Å². The maximum atomic E-state index is 14.6. The van der Waals surface area contributed by atoms with E-state index in [-0.39, 0.29) is 22.9 Å². The number of methoxy groups -OCH3 is 3. The van der Waals surface area contributed by atoms with Gasteiger partial charge < -0.3 is 48.4 Å². The second-order valence-corrected chi connectivity index (χ2v) is 15.0. The summed E-state index contributed by atoms with van der Waals surface area (Å²) >= 11 is 6.86. The van der Waals surface area contributed by atoms with E-state index in [1.54, 1.807) is 45.1 Å². The molecule has 3 saturated heterocycles. The molecule has 5 rings (SSSR count). The van der Waals surface area contributed by atoms with Crippen LogP contribution in [0, 0.1) is 5.92 Å². The Labute approximate surface area is 318 Å². The second-order valence-electron chi connectivity index (χ2n) is 14.6. The number of benzene rings is 1. The minimum atomic E-state index is -2.66. The zero-order valence-corrected chi connectivity index (χ0v) is 32.5. The Morgan fingerprint density at radius 2 is 1.70 bits per heavy atom. The number of nitrogens with one attached hydrogen (secondary N) is 1. The number of rotatable bonds is 3. The Morgan fingerprint density at radius 3 is 2.33 bits per heavy atom. The molecule has 17 heteroatoms. The fraction of sp³-hybridized carbons (Fsp3) is 0.595. The molecule has 0 aromatic heterocycles. The number of Topliss-reactive ketones (excluding diaryl/α,β-unsaturated/α-hetero) is 1. The predicted molar refractivity (Wildman–Crippen MR) is 192 cm³/mol. The van der Waals surface area contributed by atoms with Crippen LogP contribution in [0.1, 0.15) is 59.1 Å². The van der Waals surface area contributed by atoms with Crippen LogP contribution in [-0.4, -0.2) is 127 Å². The molecule has 3 amide bonds. The molecule has 1 aromatic carbocycles. The summed E-state index contributed by atoms with van der Waals surface area (Å²) in [4.78, 5) is 70.5. The average Bonchev–Trinajstić information content (AvgIpc) is 3.82. The third-order valence-electron chi connectivity index (χ3n) is 11.0. The number of carbonyl (C=O) groups excluding carboxylic acids is 5. The van der Waals surface area contributed by atoms with Crippen molar-refractivity contribution in [3.8, 4) is 5.75 Å². The highest BCUT2D eigenvalue weighted by atomic mass is 35.5. The van der Waals surface area contributed by atoms with Crippen molar-refractivity contribution in [2.24, 2.45) is 5.92 Å². The molecule has 6 bridgehead atoms. The van der Waals surface area contributed by atoms with Crippen LogP contribution < -0.4 is 15.0 Å². The molecule has 4 aliphatic rings. The average molecular weight is 778 g/mol. The smallest absolute Gasteiger partial charge is 0.409 e. The van der Waals surface area contributed by atoms with Crippen molar-refractivity contribution in [3.63, 3.8) is 0 Å². The number of epoxide rings is 1. The van der Waals surface area contributed by atoms with Crippen LogP contribution in [0.2, 0.25) is 5.02 Å². The van der Waals surface area contributed by atoms with Crippen molar-refractivity contribution in [1.29, 1.82) is 0 Å². The normalized spacial score (nSPS) is 38.2. The van der Waals surface area contributed by atoms with Gasteiger partial charge in [-0.25, -0.2) is 9.59 Å². The number of ketones is 1.